The molecule has 1 heterocycles. The van der Waals surface area contributed by atoms with Gasteiger partial charge in [-0.05, 0) is 12.8 Å². The Balaban J connectivity index is 1.85. The zero-order chi connectivity index (χ0) is 11.2. The fraction of sp³-hybridized carbons (Fsp3) is 0.818. The topological polar surface area (TPSA) is 47.0 Å². The van der Waals surface area contributed by atoms with Gasteiger partial charge in [-0.15, -0.1) is 0 Å². The highest BCUT2D eigenvalue weighted by Crippen LogP contribution is 2.32. The molecule has 5 heteroatoms. The summed E-state index contributed by atoms with van der Waals surface area (Å²) >= 11 is 1.47. The average molecular weight is 241 g/mol. The molecule has 1 N–H and O–H groups in total. The molecule has 0 unspecified atom stereocenters. The van der Waals surface area contributed by atoms with Crippen molar-refractivity contribution < 1.29 is 4.74 Å². The average Bonchev–Trinajstić information content (AvgIpc) is 2.79. The number of methoxy groups -OCH3 is 1. The molecule has 1 aliphatic rings. The van der Waals surface area contributed by atoms with Gasteiger partial charge in [-0.25, -0.2) is 4.98 Å². The summed E-state index contributed by atoms with van der Waals surface area (Å²) in [4.78, 5) is 4.55. The molecule has 0 aliphatic heterocycles. The van der Waals surface area contributed by atoms with E-state index in [0.29, 0.717) is 12.5 Å². The summed E-state index contributed by atoms with van der Waals surface area (Å²) in [5.74, 6) is 1.65. The molecule has 0 bridgehead atoms. The van der Waals surface area contributed by atoms with E-state index in [1.807, 2.05) is 0 Å². The molecule has 1 fully saturated rings. The van der Waals surface area contributed by atoms with Crippen molar-refractivity contribution in [2.45, 2.75) is 38.0 Å². The molecule has 1 saturated carbocycles. The predicted octanol–water partition coefficient (Wildman–Crippen LogP) is 2.64. The SMILES string of the molecule is COCCNc1nc(C2CCCCC2)ns1. The first-order chi connectivity index (χ1) is 7.90. The molecule has 0 spiro atoms. The van der Waals surface area contributed by atoms with E-state index in [1.165, 1.54) is 43.6 Å². The summed E-state index contributed by atoms with van der Waals surface area (Å²) in [5.41, 5.74) is 0. The van der Waals surface area contributed by atoms with Crippen molar-refractivity contribution in [3.8, 4) is 0 Å². The second-order valence-electron chi connectivity index (χ2n) is 4.21. The fourth-order valence-corrected chi connectivity index (χ4v) is 2.76. The molecule has 1 aromatic rings. The minimum absolute atomic E-state index is 0.600. The number of hydrogen-bond donors (Lipinski definition) is 1. The number of ether oxygens (including phenoxy) is 1. The number of anilines is 1. The number of nitrogens with zero attached hydrogens (tertiary/aromatic N) is 2. The highest BCUT2D eigenvalue weighted by Gasteiger charge is 2.19. The van der Waals surface area contributed by atoms with Crippen LogP contribution < -0.4 is 5.32 Å². The number of hydrogen-bond acceptors (Lipinski definition) is 5. The van der Waals surface area contributed by atoms with Crippen LogP contribution in [0.15, 0.2) is 0 Å². The highest BCUT2D eigenvalue weighted by atomic mass is 32.1. The third-order valence-electron chi connectivity index (χ3n) is 2.99. The summed E-state index contributed by atoms with van der Waals surface area (Å²) in [7, 11) is 1.70. The van der Waals surface area contributed by atoms with Gasteiger partial charge in [0.15, 0.2) is 0 Å². The summed E-state index contributed by atoms with van der Waals surface area (Å²) in [6.07, 6.45) is 6.55. The first-order valence-corrected chi connectivity index (χ1v) is 6.74. The van der Waals surface area contributed by atoms with E-state index in [0.717, 1.165) is 17.5 Å². The Labute approximate surface area is 101 Å². The molecule has 1 aromatic heterocycles. The van der Waals surface area contributed by atoms with Crippen molar-refractivity contribution in [2.24, 2.45) is 0 Å². The minimum Gasteiger partial charge on any atom is -0.383 e. The Morgan fingerprint density at radius 2 is 2.19 bits per heavy atom. The molecular weight excluding hydrogens is 222 g/mol. The van der Waals surface area contributed by atoms with E-state index in [2.05, 4.69) is 14.7 Å². The summed E-state index contributed by atoms with van der Waals surface area (Å²) in [6.45, 7) is 1.51. The third-order valence-corrected chi connectivity index (χ3v) is 3.68. The van der Waals surface area contributed by atoms with Crippen LogP contribution >= 0.6 is 11.5 Å². The van der Waals surface area contributed by atoms with Crippen LogP contribution in [0.1, 0.15) is 43.8 Å². The largest absolute Gasteiger partial charge is 0.383 e. The van der Waals surface area contributed by atoms with Crippen molar-refractivity contribution in [1.82, 2.24) is 9.36 Å². The number of aromatic nitrogens is 2. The number of nitrogens with one attached hydrogen (secondary N) is 1. The maximum Gasteiger partial charge on any atom is 0.202 e. The van der Waals surface area contributed by atoms with Crippen molar-refractivity contribution in [3.63, 3.8) is 0 Å². The van der Waals surface area contributed by atoms with Crippen LogP contribution in [0.25, 0.3) is 0 Å². The van der Waals surface area contributed by atoms with Crippen LogP contribution in [-0.4, -0.2) is 29.6 Å². The van der Waals surface area contributed by atoms with Gasteiger partial charge in [-0.2, -0.15) is 4.37 Å². The first-order valence-electron chi connectivity index (χ1n) is 5.96. The Bertz CT molecular complexity index is 310. The van der Waals surface area contributed by atoms with Gasteiger partial charge in [-0.3, -0.25) is 0 Å². The molecule has 16 heavy (non-hydrogen) atoms. The van der Waals surface area contributed by atoms with Gasteiger partial charge in [0.05, 0.1) is 6.61 Å². The summed E-state index contributed by atoms with van der Waals surface area (Å²) < 4.78 is 9.43. The Hall–Kier alpha value is -0.680. The second kappa shape index (κ2) is 6.15. The second-order valence-corrected chi connectivity index (χ2v) is 4.96. The van der Waals surface area contributed by atoms with Crippen molar-refractivity contribution in [3.05, 3.63) is 5.82 Å². The molecule has 0 amide bonds. The lowest BCUT2D eigenvalue weighted by molar-refractivity contribution is 0.211. The van der Waals surface area contributed by atoms with Gasteiger partial charge in [-0.1, -0.05) is 19.3 Å². The van der Waals surface area contributed by atoms with Gasteiger partial charge in [0.1, 0.15) is 5.82 Å². The Morgan fingerprint density at radius 1 is 1.38 bits per heavy atom. The molecule has 0 saturated heterocycles. The van der Waals surface area contributed by atoms with Crippen molar-refractivity contribution >= 4 is 16.7 Å². The van der Waals surface area contributed by atoms with E-state index in [-0.39, 0.29) is 0 Å². The van der Waals surface area contributed by atoms with E-state index < -0.39 is 0 Å². The smallest absolute Gasteiger partial charge is 0.202 e. The van der Waals surface area contributed by atoms with E-state index in [4.69, 9.17) is 4.74 Å². The maximum absolute atomic E-state index is 4.98. The van der Waals surface area contributed by atoms with Crippen LogP contribution in [0, 0.1) is 0 Å². The summed E-state index contributed by atoms with van der Waals surface area (Å²) in [6, 6.07) is 0. The Morgan fingerprint density at radius 3 is 2.94 bits per heavy atom. The lowest BCUT2D eigenvalue weighted by atomic mass is 9.89. The lowest BCUT2D eigenvalue weighted by Gasteiger charge is -2.18. The quantitative estimate of drug-likeness (QED) is 0.805. The number of rotatable bonds is 5. The normalized spacial score (nSPS) is 17.6. The molecule has 1 aliphatic carbocycles. The molecule has 2 rings (SSSR count). The van der Waals surface area contributed by atoms with Crippen LogP contribution in [0.2, 0.25) is 0 Å². The third kappa shape index (κ3) is 3.15. The fourth-order valence-electron chi connectivity index (χ4n) is 2.09. The van der Waals surface area contributed by atoms with Crippen molar-refractivity contribution in [1.29, 1.82) is 0 Å². The predicted molar refractivity (Wildman–Crippen MR) is 66.1 cm³/mol. The molecule has 4 nitrogen and oxygen atoms in total. The molecule has 0 atom stereocenters. The highest BCUT2D eigenvalue weighted by molar-refractivity contribution is 7.09. The molecule has 0 aromatic carbocycles. The van der Waals surface area contributed by atoms with Gasteiger partial charge in [0.25, 0.3) is 0 Å². The van der Waals surface area contributed by atoms with Crippen LogP contribution in [0.3, 0.4) is 0 Å². The Kier molecular flexibility index (Phi) is 4.54. The zero-order valence-corrected chi connectivity index (χ0v) is 10.6. The van der Waals surface area contributed by atoms with Crippen LogP contribution in [0.4, 0.5) is 5.13 Å². The van der Waals surface area contributed by atoms with E-state index in [9.17, 15) is 0 Å². The first kappa shape index (κ1) is 11.8. The zero-order valence-electron chi connectivity index (χ0n) is 9.74. The molecule has 0 radical (unpaired) electrons. The van der Waals surface area contributed by atoms with E-state index >= 15 is 0 Å². The van der Waals surface area contributed by atoms with Gasteiger partial charge >= 0.3 is 0 Å². The van der Waals surface area contributed by atoms with Crippen LogP contribution in [-0.2, 0) is 4.74 Å². The lowest BCUT2D eigenvalue weighted by Crippen LogP contribution is -2.08. The summed E-state index contributed by atoms with van der Waals surface area (Å²) in [5, 5.41) is 4.15. The van der Waals surface area contributed by atoms with Gasteiger partial charge in [0, 0.05) is 31.1 Å². The maximum atomic E-state index is 4.98. The molecule has 90 valence electrons. The van der Waals surface area contributed by atoms with Gasteiger partial charge < -0.3 is 10.1 Å². The monoisotopic (exact) mass is 241 g/mol. The van der Waals surface area contributed by atoms with E-state index in [1.54, 1.807) is 7.11 Å². The van der Waals surface area contributed by atoms with Crippen molar-refractivity contribution in [2.75, 3.05) is 25.6 Å². The standard InChI is InChI=1S/C11H19N3OS/c1-15-8-7-12-11-13-10(14-16-11)9-5-3-2-4-6-9/h9H,2-8H2,1H3,(H,12,13,14). The molecular formula is C11H19N3OS. The van der Waals surface area contributed by atoms with Gasteiger partial charge in [0.2, 0.25) is 5.13 Å². The van der Waals surface area contributed by atoms with Crippen LogP contribution in [0.5, 0.6) is 0 Å². The minimum atomic E-state index is 0.600.